The van der Waals surface area contributed by atoms with Gasteiger partial charge in [-0.2, -0.15) is 9.61 Å². The molecule has 4 heterocycles. The fraction of sp³-hybridized carbons (Fsp3) is 0.414. The van der Waals surface area contributed by atoms with Gasteiger partial charge in [0.15, 0.2) is 5.65 Å². The Morgan fingerprint density at radius 1 is 1.11 bits per heavy atom. The van der Waals surface area contributed by atoms with Gasteiger partial charge in [0.25, 0.3) is 11.5 Å². The Morgan fingerprint density at radius 2 is 1.84 bits per heavy atom. The molecule has 1 aromatic carbocycles. The van der Waals surface area contributed by atoms with E-state index in [1.807, 2.05) is 19.1 Å². The Labute approximate surface area is 219 Å². The van der Waals surface area contributed by atoms with Crippen molar-refractivity contribution < 1.29 is 9.18 Å². The van der Waals surface area contributed by atoms with Crippen LogP contribution in [0.4, 0.5) is 4.39 Å². The van der Waals surface area contributed by atoms with Crippen molar-refractivity contribution in [2.24, 2.45) is 11.8 Å². The number of fused-ring (bicyclic) bond motifs is 1. The van der Waals surface area contributed by atoms with Gasteiger partial charge in [0.1, 0.15) is 17.0 Å². The Hall–Kier alpha value is -3.88. The highest BCUT2D eigenvalue weighted by Crippen LogP contribution is 2.33. The van der Waals surface area contributed by atoms with E-state index in [-0.39, 0.29) is 34.7 Å². The number of nitrogens with zero attached hydrogens (tertiary/aromatic N) is 5. The molecule has 0 radical (unpaired) electrons. The molecule has 1 saturated heterocycles. The molecule has 2 atom stereocenters. The average Bonchev–Trinajstić information content (AvgIpc) is 3.57. The second-order valence-electron chi connectivity index (χ2n) is 10.7. The Balaban J connectivity index is 1.44. The number of nitrogens with one attached hydrogen (secondary N) is 1. The quantitative estimate of drug-likeness (QED) is 0.405. The van der Waals surface area contributed by atoms with E-state index < -0.39 is 6.67 Å². The molecule has 3 aromatic heterocycles. The molecule has 6 rings (SSSR count). The van der Waals surface area contributed by atoms with Crippen LogP contribution in [0.2, 0.25) is 0 Å². The van der Waals surface area contributed by atoms with Crippen LogP contribution in [0.3, 0.4) is 0 Å². The first-order valence-electron chi connectivity index (χ1n) is 13.3. The van der Waals surface area contributed by atoms with E-state index in [4.69, 9.17) is 0 Å². The van der Waals surface area contributed by atoms with Gasteiger partial charge in [-0.1, -0.05) is 49.9 Å². The van der Waals surface area contributed by atoms with Gasteiger partial charge < -0.3 is 9.88 Å². The molecule has 9 heteroatoms. The van der Waals surface area contributed by atoms with Crippen molar-refractivity contribution in [3.05, 3.63) is 69.9 Å². The lowest BCUT2D eigenvalue weighted by molar-refractivity contribution is 0.0142. The molecule has 0 bridgehead atoms. The first-order chi connectivity index (χ1) is 18.4. The van der Waals surface area contributed by atoms with E-state index in [1.54, 1.807) is 18.0 Å². The summed E-state index contributed by atoms with van der Waals surface area (Å²) in [6, 6.07) is 9.51. The zero-order chi connectivity index (χ0) is 26.4. The number of aromatic amines is 1. The number of aromatic nitrogens is 5. The summed E-state index contributed by atoms with van der Waals surface area (Å²) in [5.74, 6) is 0.248. The third-order valence-corrected chi connectivity index (χ3v) is 8.26. The number of benzene rings is 1. The number of hydrogen-bond acceptors (Lipinski definition) is 5. The molecule has 2 unspecified atom stereocenters. The van der Waals surface area contributed by atoms with Crippen molar-refractivity contribution in [1.82, 2.24) is 29.5 Å². The zero-order valence-electron chi connectivity index (χ0n) is 21.7. The van der Waals surface area contributed by atoms with Crippen LogP contribution in [-0.2, 0) is 6.42 Å². The van der Waals surface area contributed by atoms with Crippen molar-refractivity contribution in [1.29, 1.82) is 0 Å². The molecule has 1 aliphatic carbocycles. The number of likely N-dealkylation sites (tertiary alicyclic amines) is 1. The molecule has 8 nitrogen and oxygen atoms in total. The summed E-state index contributed by atoms with van der Waals surface area (Å²) in [5, 5.41) is 4.52. The van der Waals surface area contributed by atoms with Crippen molar-refractivity contribution in [2.45, 2.75) is 52.0 Å². The van der Waals surface area contributed by atoms with Gasteiger partial charge in [-0.25, -0.2) is 0 Å². The monoisotopic (exact) mass is 514 g/mol. The van der Waals surface area contributed by atoms with Crippen LogP contribution in [0.5, 0.6) is 0 Å². The Bertz CT molecular complexity index is 1550. The van der Waals surface area contributed by atoms with Crippen molar-refractivity contribution in [3.8, 4) is 22.6 Å². The van der Waals surface area contributed by atoms with E-state index in [9.17, 15) is 14.0 Å². The highest BCUT2D eigenvalue weighted by Gasteiger charge is 2.41. The summed E-state index contributed by atoms with van der Waals surface area (Å²) in [5.41, 5.74) is 4.24. The number of alkyl halides is 1. The zero-order valence-corrected chi connectivity index (χ0v) is 21.7. The normalized spacial score (nSPS) is 19.7. The Kier molecular flexibility index (Phi) is 6.29. The molecule has 4 aromatic rings. The van der Waals surface area contributed by atoms with Crippen LogP contribution in [0.1, 0.15) is 54.2 Å². The largest absolute Gasteiger partial charge is 0.339 e. The molecule has 0 spiro atoms. The molecule has 2 aliphatic rings. The number of amides is 1. The van der Waals surface area contributed by atoms with Crippen LogP contribution < -0.4 is 5.56 Å². The Morgan fingerprint density at radius 3 is 2.53 bits per heavy atom. The van der Waals surface area contributed by atoms with E-state index in [0.717, 1.165) is 17.9 Å². The summed E-state index contributed by atoms with van der Waals surface area (Å²) >= 11 is 0. The number of carbonyl (C=O) groups is 1. The summed E-state index contributed by atoms with van der Waals surface area (Å²) in [4.78, 5) is 40.7. The minimum Gasteiger partial charge on any atom is -0.339 e. The second kappa shape index (κ2) is 9.78. The first kappa shape index (κ1) is 24.5. The van der Waals surface area contributed by atoms with Crippen LogP contribution in [0.25, 0.3) is 28.3 Å². The molecular formula is C29H31FN6O2. The van der Waals surface area contributed by atoms with Gasteiger partial charge in [-0.3, -0.25) is 23.9 Å². The van der Waals surface area contributed by atoms with Crippen LogP contribution in [0.15, 0.2) is 47.5 Å². The molecule has 1 saturated carbocycles. The van der Waals surface area contributed by atoms with E-state index >= 15 is 0 Å². The van der Waals surface area contributed by atoms with Crippen molar-refractivity contribution in [3.63, 3.8) is 0 Å². The van der Waals surface area contributed by atoms with Gasteiger partial charge in [0.05, 0.1) is 18.1 Å². The lowest BCUT2D eigenvalue weighted by Gasteiger charge is -2.45. The third kappa shape index (κ3) is 4.19. The molecule has 1 aliphatic heterocycles. The molecule has 196 valence electrons. The predicted octanol–water partition coefficient (Wildman–Crippen LogP) is 4.62. The topological polar surface area (TPSA) is 96.2 Å². The minimum absolute atomic E-state index is 0.195. The number of halogens is 1. The maximum Gasteiger partial charge on any atom is 0.274 e. The minimum atomic E-state index is -0.479. The van der Waals surface area contributed by atoms with Gasteiger partial charge in [-0.05, 0) is 37.3 Å². The molecule has 2 fully saturated rings. The summed E-state index contributed by atoms with van der Waals surface area (Å²) in [6.45, 7) is 3.46. The van der Waals surface area contributed by atoms with Gasteiger partial charge >= 0.3 is 0 Å². The summed E-state index contributed by atoms with van der Waals surface area (Å²) in [7, 11) is 0. The average molecular weight is 515 g/mol. The molecule has 1 N–H and O–H groups in total. The van der Waals surface area contributed by atoms with Crippen LogP contribution in [0, 0.1) is 18.8 Å². The van der Waals surface area contributed by atoms with Gasteiger partial charge in [0, 0.05) is 37.0 Å². The fourth-order valence-corrected chi connectivity index (χ4v) is 5.85. The standard InChI is InChI=1S/C29H31FN6O2/c1-17-26(32-12-11-31-17)27-25(29(38)35-16-22(15-30)18(35)2)28-33-23(14-24(37)36(28)34-27)21-9-7-20(8-10-21)13-19-5-3-4-6-19/h7-12,14,18-19,22,33H,3-6,13,15-16H2,1-2H3. The van der Waals surface area contributed by atoms with E-state index in [1.165, 1.54) is 48.0 Å². The number of aryl methyl sites for hydroxylation is 1. The number of carbonyl (C=O) groups excluding carboxylic acids is 1. The SMILES string of the molecule is Cc1nccnc1-c1nn2c(=O)cc(-c3ccc(CC4CCCC4)cc3)[nH]c2c1C(=O)N1CC(CF)C1C. The molecule has 1 amide bonds. The van der Waals surface area contributed by atoms with E-state index in [2.05, 4.69) is 32.2 Å². The number of hydrogen-bond donors (Lipinski definition) is 1. The maximum absolute atomic E-state index is 13.8. The third-order valence-electron chi connectivity index (χ3n) is 8.26. The molecular weight excluding hydrogens is 483 g/mol. The summed E-state index contributed by atoms with van der Waals surface area (Å²) < 4.78 is 14.5. The van der Waals surface area contributed by atoms with Gasteiger partial charge in [0.2, 0.25) is 0 Å². The predicted molar refractivity (Wildman–Crippen MR) is 143 cm³/mol. The maximum atomic E-state index is 13.8. The van der Waals surface area contributed by atoms with Crippen molar-refractivity contribution >= 4 is 11.6 Å². The number of rotatable bonds is 6. The van der Waals surface area contributed by atoms with Gasteiger partial charge in [-0.15, -0.1) is 0 Å². The highest BCUT2D eigenvalue weighted by molar-refractivity contribution is 6.06. The second-order valence-corrected chi connectivity index (χ2v) is 10.7. The highest BCUT2D eigenvalue weighted by atomic mass is 19.1. The van der Waals surface area contributed by atoms with Crippen molar-refractivity contribution in [2.75, 3.05) is 13.2 Å². The lowest BCUT2D eigenvalue weighted by atomic mass is 9.90. The van der Waals surface area contributed by atoms with E-state index in [0.29, 0.717) is 29.3 Å². The smallest absolute Gasteiger partial charge is 0.274 e. The first-order valence-corrected chi connectivity index (χ1v) is 13.3. The fourth-order valence-electron chi connectivity index (χ4n) is 5.85. The van der Waals surface area contributed by atoms with Crippen LogP contribution in [-0.4, -0.2) is 54.6 Å². The summed E-state index contributed by atoms with van der Waals surface area (Å²) in [6.07, 6.45) is 9.39. The van der Waals surface area contributed by atoms with Crippen LogP contribution >= 0.6 is 0 Å². The number of H-pyrrole nitrogens is 1. The molecule has 38 heavy (non-hydrogen) atoms. The lowest BCUT2D eigenvalue weighted by Crippen LogP contribution is -2.58.